The predicted octanol–water partition coefficient (Wildman–Crippen LogP) is 1.79. The highest BCUT2D eigenvalue weighted by molar-refractivity contribution is 7.91. The zero-order valence-corrected chi connectivity index (χ0v) is 13.6. The molecule has 1 saturated heterocycles. The maximum Gasteiger partial charge on any atom is 0.150 e. The minimum Gasteiger partial charge on any atom is -0.390 e. The normalized spacial score (nSPS) is 25.2. The third-order valence-electron chi connectivity index (χ3n) is 4.44. The first-order chi connectivity index (χ1) is 11.2. The molecule has 9 heteroatoms. The van der Waals surface area contributed by atoms with Crippen LogP contribution in [0.25, 0.3) is 0 Å². The minimum atomic E-state index is -3.35. The van der Waals surface area contributed by atoms with Crippen LogP contribution in [-0.4, -0.2) is 38.3 Å². The van der Waals surface area contributed by atoms with Crippen molar-refractivity contribution in [1.29, 1.82) is 0 Å². The average Bonchev–Trinajstić information content (AvgIpc) is 2.99. The van der Waals surface area contributed by atoms with E-state index in [0.717, 1.165) is 12.1 Å². The van der Waals surface area contributed by atoms with E-state index in [-0.39, 0.29) is 18.2 Å². The molecule has 0 radical (unpaired) electrons. The number of nitrogens with two attached hydrogens (primary N) is 1. The van der Waals surface area contributed by atoms with Crippen LogP contribution in [-0.2, 0) is 20.3 Å². The van der Waals surface area contributed by atoms with E-state index >= 15 is 0 Å². The van der Waals surface area contributed by atoms with Crippen molar-refractivity contribution in [3.05, 3.63) is 34.9 Å². The van der Waals surface area contributed by atoms with Crippen LogP contribution in [0.1, 0.15) is 30.4 Å². The summed E-state index contributed by atoms with van der Waals surface area (Å²) in [5, 5.41) is 3.75. The second-order valence-electron chi connectivity index (χ2n) is 6.14. The van der Waals surface area contributed by atoms with Crippen molar-refractivity contribution in [2.24, 2.45) is 10.9 Å². The van der Waals surface area contributed by atoms with E-state index in [1.54, 1.807) is 0 Å². The molecule has 2 aliphatic heterocycles. The fraction of sp³-hybridized carbons (Fsp3) is 0.533. The minimum absolute atomic E-state index is 0.164. The number of rotatable bonds is 3. The van der Waals surface area contributed by atoms with Crippen LogP contribution in [0.2, 0.25) is 0 Å². The lowest BCUT2D eigenvalue weighted by Gasteiger charge is -2.30. The highest BCUT2D eigenvalue weighted by atomic mass is 32.2. The molecule has 1 aromatic carbocycles. The van der Waals surface area contributed by atoms with E-state index in [1.165, 1.54) is 0 Å². The zero-order chi connectivity index (χ0) is 17.5. The first kappa shape index (κ1) is 17.2. The van der Waals surface area contributed by atoms with Crippen molar-refractivity contribution in [3.8, 4) is 0 Å². The topological polar surface area (TPSA) is 81.8 Å². The SMILES string of the molecule is NC[C@H]1CC(c2cc(F)c(C3(F)CCS(=O)(=O)CC3)c(F)c2)=NO1. The highest BCUT2D eigenvalue weighted by Gasteiger charge is 2.43. The third-order valence-corrected chi connectivity index (χ3v) is 6.09. The van der Waals surface area contributed by atoms with E-state index in [0.29, 0.717) is 12.1 Å². The Morgan fingerprint density at radius 3 is 2.33 bits per heavy atom. The van der Waals surface area contributed by atoms with Gasteiger partial charge in [-0.1, -0.05) is 5.16 Å². The standard InChI is InChI=1S/C15H17F3N2O3S/c16-11-5-9(13-7-10(8-19)23-20-13)6-12(17)14(11)15(18)1-3-24(21,22)4-2-15/h5-6,10H,1-4,7-8,19H2/t10-/m1/s1. The van der Waals surface area contributed by atoms with E-state index in [2.05, 4.69) is 5.16 Å². The highest BCUT2D eigenvalue weighted by Crippen LogP contribution is 2.41. The summed E-state index contributed by atoms with van der Waals surface area (Å²) in [6, 6.07) is 2.01. The van der Waals surface area contributed by atoms with Gasteiger partial charge in [-0.3, -0.25) is 0 Å². The molecule has 3 rings (SSSR count). The lowest BCUT2D eigenvalue weighted by molar-refractivity contribution is 0.0918. The predicted molar refractivity (Wildman–Crippen MR) is 82.1 cm³/mol. The Labute approximate surface area is 137 Å². The molecule has 5 nitrogen and oxygen atoms in total. The van der Waals surface area contributed by atoms with Crippen LogP contribution in [0.15, 0.2) is 17.3 Å². The fourth-order valence-corrected chi connectivity index (χ4v) is 4.48. The monoisotopic (exact) mass is 362 g/mol. The van der Waals surface area contributed by atoms with Crippen LogP contribution in [0.4, 0.5) is 13.2 Å². The summed E-state index contributed by atoms with van der Waals surface area (Å²) in [5.74, 6) is -2.96. The van der Waals surface area contributed by atoms with Gasteiger partial charge in [-0.2, -0.15) is 0 Å². The van der Waals surface area contributed by atoms with E-state index in [1.807, 2.05) is 0 Å². The van der Waals surface area contributed by atoms with Crippen molar-refractivity contribution in [2.75, 3.05) is 18.1 Å². The van der Waals surface area contributed by atoms with Crippen LogP contribution in [0.5, 0.6) is 0 Å². The molecule has 0 aromatic heterocycles. The Morgan fingerprint density at radius 1 is 1.25 bits per heavy atom. The Morgan fingerprint density at radius 2 is 1.83 bits per heavy atom. The number of halogens is 3. The second-order valence-corrected chi connectivity index (χ2v) is 8.44. The summed E-state index contributed by atoms with van der Waals surface area (Å²) in [6.45, 7) is 0.220. The van der Waals surface area contributed by atoms with Crippen LogP contribution in [0, 0.1) is 11.6 Å². The van der Waals surface area contributed by atoms with Gasteiger partial charge in [0.25, 0.3) is 0 Å². The number of hydrogen-bond donors (Lipinski definition) is 1. The quantitative estimate of drug-likeness (QED) is 0.889. The van der Waals surface area contributed by atoms with Gasteiger partial charge in [0.2, 0.25) is 0 Å². The Balaban J connectivity index is 1.91. The molecule has 0 aliphatic carbocycles. The number of benzene rings is 1. The molecule has 1 fully saturated rings. The number of sulfone groups is 1. The maximum absolute atomic E-state index is 15.0. The van der Waals surface area contributed by atoms with Gasteiger partial charge < -0.3 is 10.6 Å². The van der Waals surface area contributed by atoms with Crippen molar-refractivity contribution < 1.29 is 26.4 Å². The largest absolute Gasteiger partial charge is 0.390 e. The molecule has 0 spiro atoms. The number of nitrogens with zero attached hydrogens (tertiary/aromatic N) is 1. The maximum atomic E-state index is 15.0. The number of oxime groups is 1. The zero-order valence-electron chi connectivity index (χ0n) is 12.8. The smallest absolute Gasteiger partial charge is 0.150 e. The Bertz CT molecular complexity index is 758. The van der Waals surface area contributed by atoms with Gasteiger partial charge in [0.1, 0.15) is 23.4 Å². The first-order valence-electron chi connectivity index (χ1n) is 7.56. The van der Waals surface area contributed by atoms with Gasteiger partial charge in [-0.15, -0.1) is 0 Å². The molecule has 0 saturated carbocycles. The summed E-state index contributed by atoms with van der Waals surface area (Å²) in [5.41, 5.74) is 2.92. The third kappa shape index (κ3) is 3.14. The summed E-state index contributed by atoms with van der Waals surface area (Å²) in [7, 11) is -3.35. The lowest BCUT2D eigenvalue weighted by atomic mass is 9.87. The molecule has 2 heterocycles. The van der Waals surface area contributed by atoms with Crippen molar-refractivity contribution in [2.45, 2.75) is 31.0 Å². The van der Waals surface area contributed by atoms with Gasteiger partial charge in [-0.25, -0.2) is 21.6 Å². The van der Waals surface area contributed by atoms with E-state index in [9.17, 15) is 21.6 Å². The number of alkyl halides is 1. The summed E-state index contributed by atoms with van der Waals surface area (Å²) < 4.78 is 66.7. The molecule has 2 N–H and O–H groups in total. The second kappa shape index (κ2) is 6.03. The van der Waals surface area contributed by atoms with Crippen LogP contribution in [0.3, 0.4) is 0 Å². The van der Waals surface area contributed by atoms with Gasteiger partial charge in [0.05, 0.1) is 22.8 Å². The summed E-state index contributed by atoms with van der Waals surface area (Å²) in [4.78, 5) is 5.02. The molecule has 132 valence electrons. The van der Waals surface area contributed by atoms with E-state index in [4.69, 9.17) is 10.6 Å². The molecule has 2 aliphatic rings. The fourth-order valence-electron chi connectivity index (χ4n) is 3.00. The molecule has 24 heavy (non-hydrogen) atoms. The van der Waals surface area contributed by atoms with E-state index < -0.39 is 57.1 Å². The Kier molecular flexibility index (Phi) is 4.33. The molecule has 1 aromatic rings. The summed E-state index contributed by atoms with van der Waals surface area (Å²) in [6.07, 6.45) is -0.945. The molecule has 0 unspecified atom stereocenters. The average molecular weight is 362 g/mol. The first-order valence-corrected chi connectivity index (χ1v) is 9.38. The summed E-state index contributed by atoms with van der Waals surface area (Å²) >= 11 is 0. The molecule has 0 bridgehead atoms. The van der Waals surface area contributed by atoms with Crippen molar-refractivity contribution >= 4 is 15.5 Å². The van der Waals surface area contributed by atoms with Crippen LogP contribution < -0.4 is 5.73 Å². The van der Waals surface area contributed by atoms with Crippen molar-refractivity contribution in [1.82, 2.24) is 0 Å². The van der Waals surface area contributed by atoms with Gasteiger partial charge in [-0.05, 0) is 25.0 Å². The van der Waals surface area contributed by atoms with Gasteiger partial charge >= 0.3 is 0 Å². The van der Waals surface area contributed by atoms with Gasteiger partial charge in [0, 0.05) is 18.5 Å². The lowest BCUT2D eigenvalue weighted by Crippen LogP contribution is -2.35. The molecular formula is C15H17F3N2O3S. The molecular weight excluding hydrogens is 345 g/mol. The van der Waals surface area contributed by atoms with Gasteiger partial charge in [0.15, 0.2) is 9.84 Å². The van der Waals surface area contributed by atoms with Crippen molar-refractivity contribution in [3.63, 3.8) is 0 Å². The molecule has 1 atom stereocenters. The number of hydrogen-bond acceptors (Lipinski definition) is 5. The van der Waals surface area contributed by atoms with Crippen LogP contribution >= 0.6 is 0 Å². The molecule has 0 amide bonds. The Hall–Kier alpha value is -1.61.